The Morgan fingerprint density at radius 1 is 1.38 bits per heavy atom. The molecule has 2 heterocycles. The van der Waals surface area contributed by atoms with Gasteiger partial charge in [0.1, 0.15) is 5.69 Å². The highest BCUT2D eigenvalue weighted by Crippen LogP contribution is 2.25. The molecule has 0 spiro atoms. The molecule has 21 heavy (non-hydrogen) atoms. The molecule has 5 nitrogen and oxygen atoms in total. The van der Waals surface area contributed by atoms with Crippen LogP contribution in [0.5, 0.6) is 0 Å². The molecule has 5 heteroatoms. The molecule has 1 saturated carbocycles. The van der Waals surface area contributed by atoms with E-state index < -0.39 is 0 Å². The van der Waals surface area contributed by atoms with Crippen molar-refractivity contribution in [1.82, 2.24) is 20.2 Å². The van der Waals surface area contributed by atoms with Crippen LogP contribution in [0.4, 0.5) is 0 Å². The molecule has 0 unspecified atom stereocenters. The molecule has 1 aliphatic carbocycles. The molecule has 0 atom stereocenters. The Bertz CT molecular complexity index is 639. The number of pyridine rings is 2. The van der Waals surface area contributed by atoms with E-state index in [-0.39, 0.29) is 5.91 Å². The number of carbonyl (C=O) groups is 1. The molecule has 0 aromatic carbocycles. The molecule has 2 aromatic rings. The zero-order chi connectivity index (χ0) is 14.7. The highest BCUT2D eigenvalue weighted by atomic mass is 16.1. The summed E-state index contributed by atoms with van der Waals surface area (Å²) in [6.45, 7) is 4.78. The van der Waals surface area contributed by atoms with E-state index in [1.807, 2.05) is 12.1 Å². The van der Waals surface area contributed by atoms with E-state index in [9.17, 15) is 4.79 Å². The SMILES string of the molecule is CCN(CCNC(=O)c1ccc2cnccc2n1)C1CC1. The van der Waals surface area contributed by atoms with Gasteiger partial charge in [0.05, 0.1) is 5.52 Å². The van der Waals surface area contributed by atoms with Gasteiger partial charge in [-0.15, -0.1) is 0 Å². The van der Waals surface area contributed by atoms with Gasteiger partial charge < -0.3 is 5.32 Å². The number of likely N-dealkylation sites (N-methyl/N-ethyl adjacent to an activating group) is 1. The maximum Gasteiger partial charge on any atom is 0.269 e. The van der Waals surface area contributed by atoms with Crippen molar-refractivity contribution in [3.05, 3.63) is 36.3 Å². The Kier molecular flexibility index (Phi) is 4.10. The minimum atomic E-state index is -0.111. The van der Waals surface area contributed by atoms with Crippen molar-refractivity contribution in [2.45, 2.75) is 25.8 Å². The van der Waals surface area contributed by atoms with Crippen LogP contribution >= 0.6 is 0 Å². The number of fused-ring (bicyclic) bond motifs is 1. The highest BCUT2D eigenvalue weighted by Gasteiger charge is 2.27. The molecule has 0 bridgehead atoms. The van der Waals surface area contributed by atoms with Crippen LogP contribution in [0.15, 0.2) is 30.6 Å². The molecule has 0 saturated heterocycles. The number of hydrogen-bond acceptors (Lipinski definition) is 4. The summed E-state index contributed by atoms with van der Waals surface area (Å²) in [7, 11) is 0. The first kappa shape index (κ1) is 13.9. The molecule has 0 aliphatic heterocycles. The van der Waals surface area contributed by atoms with E-state index in [1.165, 1.54) is 12.8 Å². The van der Waals surface area contributed by atoms with Gasteiger partial charge in [-0.1, -0.05) is 6.92 Å². The van der Waals surface area contributed by atoms with Crippen LogP contribution in [0.1, 0.15) is 30.3 Å². The first-order chi connectivity index (χ1) is 10.3. The fourth-order valence-electron chi connectivity index (χ4n) is 2.53. The van der Waals surface area contributed by atoms with E-state index >= 15 is 0 Å². The number of nitrogens with one attached hydrogen (secondary N) is 1. The summed E-state index contributed by atoms with van der Waals surface area (Å²) < 4.78 is 0. The van der Waals surface area contributed by atoms with Crippen LogP contribution in [0.3, 0.4) is 0 Å². The maximum atomic E-state index is 12.1. The third-order valence-corrected chi connectivity index (χ3v) is 3.88. The van der Waals surface area contributed by atoms with Crippen molar-refractivity contribution in [1.29, 1.82) is 0 Å². The van der Waals surface area contributed by atoms with Crippen LogP contribution < -0.4 is 5.32 Å². The van der Waals surface area contributed by atoms with Crippen LogP contribution in [0, 0.1) is 0 Å². The van der Waals surface area contributed by atoms with Gasteiger partial charge in [-0.05, 0) is 37.6 Å². The molecular weight excluding hydrogens is 264 g/mol. The summed E-state index contributed by atoms with van der Waals surface area (Å²) in [4.78, 5) is 23.0. The molecular formula is C16H20N4O. The summed E-state index contributed by atoms with van der Waals surface area (Å²) in [6.07, 6.45) is 6.02. The molecule has 1 amide bonds. The van der Waals surface area contributed by atoms with Gasteiger partial charge in [0.15, 0.2) is 0 Å². The van der Waals surface area contributed by atoms with Gasteiger partial charge in [-0.2, -0.15) is 0 Å². The van der Waals surface area contributed by atoms with Crippen LogP contribution in [-0.2, 0) is 0 Å². The monoisotopic (exact) mass is 284 g/mol. The van der Waals surface area contributed by atoms with E-state index in [2.05, 4.69) is 27.1 Å². The summed E-state index contributed by atoms with van der Waals surface area (Å²) in [5, 5.41) is 3.90. The molecule has 0 radical (unpaired) electrons. The summed E-state index contributed by atoms with van der Waals surface area (Å²) in [6, 6.07) is 6.18. The first-order valence-corrected chi connectivity index (χ1v) is 7.51. The lowest BCUT2D eigenvalue weighted by Gasteiger charge is -2.19. The number of aromatic nitrogens is 2. The second kappa shape index (κ2) is 6.18. The Balaban J connectivity index is 1.58. The van der Waals surface area contributed by atoms with E-state index in [0.29, 0.717) is 12.2 Å². The molecule has 110 valence electrons. The zero-order valence-corrected chi connectivity index (χ0v) is 12.2. The normalized spacial score (nSPS) is 14.6. The van der Waals surface area contributed by atoms with Gasteiger partial charge in [0.25, 0.3) is 5.91 Å². The third kappa shape index (κ3) is 3.36. The lowest BCUT2D eigenvalue weighted by Crippen LogP contribution is -2.36. The van der Waals surface area contributed by atoms with Crippen LogP contribution in [0.2, 0.25) is 0 Å². The lowest BCUT2D eigenvalue weighted by molar-refractivity contribution is 0.0943. The van der Waals surface area contributed by atoms with Gasteiger partial charge in [-0.3, -0.25) is 14.7 Å². The van der Waals surface area contributed by atoms with Gasteiger partial charge in [-0.25, -0.2) is 4.98 Å². The van der Waals surface area contributed by atoms with E-state index in [0.717, 1.165) is 30.0 Å². The van der Waals surface area contributed by atoms with Crippen molar-refractivity contribution < 1.29 is 4.79 Å². The van der Waals surface area contributed by atoms with Crippen LogP contribution in [0.25, 0.3) is 10.9 Å². The summed E-state index contributed by atoms with van der Waals surface area (Å²) in [5.74, 6) is -0.111. The van der Waals surface area contributed by atoms with Crippen molar-refractivity contribution >= 4 is 16.8 Å². The number of amides is 1. The predicted octanol–water partition coefficient (Wildman–Crippen LogP) is 1.84. The lowest BCUT2D eigenvalue weighted by atomic mass is 10.2. The highest BCUT2D eigenvalue weighted by molar-refractivity contribution is 5.94. The summed E-state index contributed by atoms with van der Waals surface area (Å²) >= 11 is 0. The Morgan fingerprint density at radius 2 is 2.24 bits per heavy atom. The van der Waals surface area contributed by atoms with Crippen molar-refractivity contribution in [3.63, 3.8) is 0 Å². The summed E-state index contributed by atoms with van der Waals surface area (Å²) in [5.41, 5.74) is 1.26. The average Bonchev–Trinajstić information content (AvgIpc) is 3.35. The van der Waals surface area contributed by atoms with Gasteiger partial charge in [0, 0.05) is 36.9 Å². The second-order valence-corrected chi connectivity index (χ2v) is 5.38. The van der Waals surface area contributed by atoms with Crippen molar-refractivity contribution in [2.24, 2.45) is 0 Å². The molecule has 1 N–H and O–H groups in total. The second-order valence-electron chi connectivity index (χ2n) is 5.38. The van der Waals surface area contributed by atoms with Crippen LogP contribution in [-0.4, -0.2) is 46.5 Å². The molecule has 1 fully saturated rings. The first-order valence-electron chi connectivity index (χ1n) is 7.51. The smallest absolute Gasteiger partial charge is 0.269 e. The number of hydrogen-bond donors (Lipinski definition) is 1. The maximum absolute atomic E-state index is 12.1. The van der Waals surface area contributed by atoms with E-state index in [4.69, 9.17) is 0 Å². The zero-order valence-electron chi connectivity index (χ0n) is 12.2. The predicted molar refractivity (Wildman–Crippen MR) is 82.1 cm³/mol. The Labute approximate surface area is 124 Å². The largest absolute Gasteiger partial charge is 0.349 e. The average molecular weight is 284 g/mol. The van der Waals surface area contributed by atoms with Crippen molar-refractivity contribution in [3.8, 4) is 0 Å². The topological polar surface area (TPSA) is 58.1 Å². The standard InChI is InChI=1S/C16H20N4O/c1-2-20(13-4-5-13)10-9-18-16(21)15-6-3-12-11-17-8-7-14(12)19-15/h3,6-8,11,13H,2,4-5,9-10H2,1H3,(H,18,21). The molecule has 3 rings (SSSR count). The molecule has 1 aliphatic rings. The van der Waals surface area contributed by atoms with Crippen molar-refractivity contribution in [2.75, 3.05) is 19.6 Å². The number of rotatable bonds is 6. The minimum absolute atomic E-state index is 0.111. The number of nitrogens with zero attached hydrogens (tertiary/aromatic N) is 3. The third-order valence-electron chi connectivity index (χ3n) is 3.88. The fourth-order valence-corrected chi connectivity index (χ4v) is 2.53. The quantitative estimate of drug-likeness (QED) is 0.879. The van der Waals surface area contributed by atoms with Gasteiger partial charge in [0.2, 0.25) is 0 Å². The number of carbonyl (C=O) groups excluding carboxylic acids is 1. The fraction of sp³-hybridized carbons (Fsp3) is 0.438. The van der Waals surface area contributed by atoms with Gasteiger partial charge >= 0.3 is 0 Å². The minimum Gasteiger partial charge on any atom is -0.349 e. The molecule has 2 aromatic heterocycles. The van der Waals surface area contributed by atoms with E-state index in [1.54, 1.807) is 18.5 Å². The Hall–Kier alpha value is -2.01. The Morgan fingerprint density at radius 3 is 3.00 bits per heavy atom.